The van der Waals surface area contributed by atoms with E-state index < -0.39 is 23.8 Å². The fourth-order valence-corrected chi connectivity index (χ4v) is 4.01. The molecular formula is C24H25FN6O6. The second-order valence-electron chi connectivity index (χ2n) is 8.92. The van der Waals surface area contributed by atoms with Crippen molar-refractivity contribution in [1.29, 1.82) is 0 Å². The molecule has 4 heterocycles. The molecule has 0 bridgehead atoms. The maximum atomic E-state index is 13.6. The van der Waals surface area contributed by atoms with Gasteiger partial charge in [-0.3, -0.25) is 4.79 Å². The first-order chi connectivity index (χ1) is 17.8. The lowest BCUT2D eigenvalue weighted by molar-refractivity contribution is -0.236. The third-order valence-electron chi connectivity index (χ3n) is 6.05. The number of carbonyl (C=O) groups is 2. The van der Waals surface area contributed by atoms with Crippen LogP contribution < -0.4 is 10.6 Å². The number of hydrogen-bond acceptors (Lipinski definition) is 10. The van der Waals surface area contributed by atoms with Gasteiger partial charge in [0, 0.05) is 24.8 Å². The van der Waals surface area contributed by atoms with Gasteiger partial charge in [0.15, 0.2) is 5.82 Å². The Hall–Kier alpha value is -3.94. The molecule has 3 aromatic rings. The van der Waals surface area contributed by atoms with Crippen molar-refractivity contribution in [3.63, 3.8) is 0 Å². The summed E-state index contributed by atoms with van der Waals surface area (Å²) in [6.45, 7) is 3.86. The topological polar surface area (TPSA) is 155 Å². The van der Waals surface area contributed by atoms with Crippen LogP contribution in [0.1, 0.15) is 19.0 Å². The Balaban J connectivity index is 1.45. The fourth-order valence-electron chi connectivity index (χ4n) is 4.01. The predicted octanol–water partition coefficient (Wildman–Crippen LogP) is 2.18. The monoisotopic (exact) mass is 512 g/mol. The van der Waals surface area contributed by atoms with Gasteiger partial charge in [0.1, 0.15) is 11.2 Å². The van der Waals surface area contributed by atoms with Crippen LogP contribution in [0, 0.1) is 11.2 Å². The number of imidazole rings is 1. The van der Waals surface area contributed by atoms with Crippen LogP contribution >= 0.6 is 0 Å². The van der Waals surface area contributed by atoms with Crippen LogP contribution in [0.15, 0.2) is 36.5 Å². The van der Waals surface area contributed by atoms with Gasteiger partial charge in [-0.2, -0.15) is 0 Å². The van der Waals surface area contributed by atoms with E-state index in [1.165, 1.54) is 12.1 Å². The van der Waals surface area contributed by atoms with Crippen molar-refractivity contribution in [2.24, 2.45) is 11.1 Å². The smallest absolute Gasteiger partial charge is 0.378 e. The number of carbonyl (C=O) groups excluding carboxylic acids is 2. The Bertz CT molecular complexity index is 1290. The van der Waals surface area contributed by atoms with E-state index in [1.807, 2.05) is 4.90 Å². The van der Waals surface area contributed by atoms with Gasteiger partial charge in [-0.05, 0) is 37.3 Å². The largest absolute Gasteiger partial charge is 0.412 e. The highest BCUT2D eigenvalue weighted by atomic mass is 19.1. The van der Waals surface area contributed by atoms with Crippen LogP contribution in [0.5, 0.6) is 0 Å². The summed E-state index contributed by atoms with van der Waals surface area (Å²) in [4.78, 5) is 42.3. The van der Waals surface area contributed by atoms with E-state index in [0.29, 0.717) is 60.7 Å². The van der Waals surface area contributed by atoms with E-state index in [4.69, 9.17) is 24.9 Å². The Kier molecular flexibility index (Phi) is 6.82. The highest BCUT2D eigenvalue weighted by molar-refractivity contribution is 5.87. The number of esters is 1. The van der Waals surface area contributed by atoms with E-state index in [0.717, 1.165) is 0 Å². The van der Waals surface area contributed by atoms with Crippen molar-refractivity contribution in [1.82, 2.24) is 19.9 Å². The number of aromatic amines is 1. The van der Waals surface area contributed by atoms with Gasteiger partial charge in [0.2, 0.25) is 12.2 Å². The number of ether oxygens (including phenoxy) is 4. The van der Waals surface area contributed by atoms with Gasteiger partial charge in [0.25, 0.3) is 0 Å². The van der Waals surface area contributed by atoms with Crippen molar-refractivity contribution in [3.05, 3.63) is 48.2 Å². The van der Waals surface area contributed by atoms with Crippen LogP contribution in [0.4, 0.5) is 15.1 Å². The SMILES string of the molecule is CC1(C(=O)OC(N)=O)COC(c2nc(-c3ccc(F)cc3)c(-c3ccnc(N4CCOCC4)n3)[nH]2)OC1. The Labute approximate surface area is 210 Å². The number of nitrogens with two attached hydrogens (primary N) is 1. The minimum atomic E-state index is -1.22. The highest BCUT2D eigenvalue weighted by Gasteiger charge is 2.43. The molecule has 1 amide bonds. The van der Waals surface area contributed by atoms with Crippen molar-refractivity contribution in [2.75, 3.05) is 44.4 Å². The molecule has 0 radical (unpaired) electrons. The molecule has 2 aliphatic heterocycles. The summed E-state index contributed by atoms with van der Waals surface area (Å²) in [7, 11) is 0. The summed E-state index contributed by atoms with van der Waals surface area (Å²) in [6, 6.07) is 7.66. The molecule has 2 aromatic heterocycles. The molecule has 0 aliphatic carbocycles. The van der Waals surface area contributed by atoms with Gasteiger partial charge in [-0.15, -0.1) is 0 Å². The van der Waals surface area contributed by atoms with Crippen molar-refractivity contribution >= 4 is 18.0 Å². The number of amides is 1. The zero-order valence-electron chi connectivity index (χ0n) is 20.0. The van der Waals surface area contributed by atoms with Crippen LogP contribution in [0.2, 0.25) is 0 Å². The van der Waals surface area contributed by atoms with Crippen LogP contribution in [-0.2, 0) is 23.7 Å². The van der Waals surface area contributed by atoms with Crippen molar-refractivity contribution < 1.29 is 32.9 Å². The number of primary amides is 1. The standard InChI is InChI=1S/C24H25FN6O6/c1-24(21(32)37-22(26)33)12-35-20(36-13-24)19-29-17(14-2-4-15(25)5-3-14)18(30-19)16-6-7-27-23(28-16)31-8-10-34-11-9-31/h2-7,20H,8-13H2,1H3,(H2,26,33)(H,29,30). The number of anilines is 1. The number of aromatic nitrogens is 4. The number of hydrogen-bond donors (Lipinski definition) is 2. The zero-order valence-corrected chi connectivity index (χ0v) is 20.0. The summed E-state index contributed by atoms with van der Waals surface area (Å²) in [5, 5.41) is 0. The lowest BCUT2D eigenvalue weighted by atomic mass is 9.92. The zero-order chi connectivity index (χ0) is 26.0. The highest BCUT2D eigenvalue weighted by Crippen LogP contribution is 2.36. The Morgan fingerprint density at radius 1 is 1.14 bits per heavy atom. The first-order valence-electron chi connectivity index (χ1n) is 11.6. The van der Waals surface area contributed by atoms with E-state index in [-0.39, 0.29) is 19.0 Å². The van der Waals surface area contributed by atoms with Gasteiger partial charge in [-0.25, -0.2) is 24.1 Å². The quantitative estimate of drug-likeness (QED) is 0.384. The third kappa shape index (κ3) is 5.28. The first-order valence-corrected chi connectivity index (χ1v) is 11.6. The molecule has 1 aromatic carbocycles. The van der Waals surface area contributed by atoms with E-state index in [9.17, 15) is 14.0 Å². The summed E-state index contributed by atoms with van der Waals surface area (Å²) in [6.07, 6.45) is -0.483. The normalized spacial score (nSPS) is 22.0. The molecule has 0 saturated carbocycles. The molecule has 12 nitrogen and oxygen atoms in total. The second-order valence-corrected chi connectivity index (χ2v) is 8.92. The number of nitrogens with zero attached hydrogens (tertiary/aromatic N) is 4. The fraction of sp³-hybridized carbons (Fsp3) is 0.375. The molecule has 0 unspecified atom stereocenters. The van der Waals surface area contributed by atoms with Gasteiger partial charge < -0.3 is 34.6 Å². The number of benzene rings is 1. The minimum absolute atomic E-state index is 0.0968. The number of nitrogens with one attached hydrogen (secondary N) is 1. The molecule has 0 atom stereocenters. The molecule has 37 heavy (non-hydrogen) atoms. The van der Waals surface area contributed by atoms with Crippen LogP contribution in [0.25, 0.3) is 22.6 Å². The van der Waals surface area contributed by atoms with Gasteiger partial charge in [0.05, 0.1) is 43.5 Å². The molecule has 194 valence electrons. The van der Waals surface area contributed by atoms with Crippen LogP contribution in [-0.4, -0.2) is 71.5 Å². The summed E-state index contributed by atoms with van der Waals surface area (Å²) in [5.74, 6) is -0.344. The molecule has 0 spiro atoms. The summed E-state index contributed by atoms with van der Waals surface area (Å²) >= 11 is 0. The number of rotatable bonds is 5. The molecule has 2 fully saturated rings. The van der Waals surface area contributed by atoms with Gasteiger partial charge in [-0.1, -0.05) is 0 Å². The molecule has 2 aliphatic rings. The van der Waals surface area contributed by atoms with Crippen molar-refractivity contribution in [3.8, 4) is 22.6 Å². The Morgan fingerprint density at radius 2 is 1.84 bits per heavy atom. The molecule has 2 saturated heterocycles. The van der Waals surface area contributed by atoms with Gasteiger partial charge >= 0.3 is 12.1 Å². The summed E-state index contributed by atoms with van der Waals surface area (Å²) < 4.78 is 35.1. The third-order valence-corrected chi connectivity index (χ3v) is 6.05. The maximum absolute atomic E-state index is 13.6. The number of halogens is 1. The molecule has 13 heteroatoms. The molecule has 5 rings (SSSR count). The maximum Gasteiger partial charge on any atom is 0.412 e. The first kappa shape index (κ1) is 24.7. The van der Waals surface area contributed by atoms with Crippen LogP contribution in [0.3, 0.4) is 0 Å². The number of H-pyrrole nitrogens is 1. The molecular weight excluding hydrogens is 487 g/mol. The minimum Gasteiger partial charge on any atom is -0.378 e. The Morgan fingerprint density at radius 3 is 2.51 bits per heavy atom. The number of morpholine rings is 1. The summed E-state index contributed by atoms with van der Waals surface area (Å²) in [5.41, 5.74) is 6.02. The average Bonchev–Trinajstić information content (AvgIpc) is 3.35. The van der Waals surface area contributed by atoms with E-state index in [2.05, 4.69) is 19.7 Å². The lowest BCUT2D eigenvalue weighted by Crippen LogP contribution is -2.45. The second kappa shape index (κ2) is 10.2. The van der Waals surface area contributed by atoms with E-state index >= 15 is 0 Å². The average molecular weight is 512 g/mol. The molecule has 3 N–H and O–H groups in total. The van der Waals surface area contributed by atoms with Crippen molar-refractivity contribution in [2.45, 2.75) is 13.2 Å². The predicted molar refractivity (Wildman–Crippen MR) is 126 cm³/mol. The van der Waals surface area contributed by atoms with E-state index in [1.54, 1.807) is 31.3 Å². The lowest BCUT2D eigenvalue weighted by Gasteiger charge is -2.34.